The predicted molar refractivity (Wildman–Crippen MR) is 65.0 cm³/mol. The van der Waals surface area contributed by atoms with Gasteiger partial charge in [0.15, 0.2) is 0 Å². The summed E-state index contributed by atoms with van der Waals surface area (Å²) in [5.74, 6) is -0.142. The Morgan fingerprint density at radius 2 is 2.27 bits per heavy atom. The van der Waals surface area contributed by atoms with Crippen LogP contribution >= 0.6 is 22.6 Å². The largest absolute Gasteiger partial charge is 0.481 e. The zero-order chi connectivity index (χ0) is 11.0. The van der Waals surface area contributed by atoms with Crippen molar-refractivity contribution in [2.45, 2.75) is 13.3 Å². The van der Waals surface area contributed by atoms with E-state index in [4.69, 9.17) is 9.52 Å². The summed E-state index contributed by atoms with van der Waals surface area (Å²) < 4.78 is 6.56. The Morgan fingerprint density at radius 3 is 2.93 bits per heavy atom. The normalized spacial score (nSPS) is 10.8. The Morgan fingerprint density at radius 1 is 1.53 bits per heavy atom. The molecule has 0 aliphatic heterocycles. The van der Waals surface area contributed by atoms with Crippen molar-refractivity contribution in [1.29, 1.82) is 0 Å². The molecule has 0 fully saturated rings. The summed E-state index contributed by atoms with van der Waals surface area (Å²) in [4.78, 5) is 10.7. The third-order valence-corrected chi connectivity index (χ3v) is 3.15. The number of fused-ring (bicyclic) bond motifs is 1. The number of rotatable bonds is 2. The molecule has 0 spiro atoms. The summed E-state index contributed by atoms with van der Waals surface area (Å²) in [5, 5.41) is 9.70. The van der Waals surface area contributed by atoms with Crippen molar-refractivity contribution in [3.63, 3.8) is 0 Å². The number of hydrogen-bond donors (Lipinski definition) is 1. The van der Waals surface area contributed by atoms with Gasteiger partial charge in [-0.25, -0.2) is 0 Å². The van der Waals surface area contributed by atoms with Crippen LogP contribution in [0.3, 0.4) is 0 Å². The number of furan rings is 1. The summed E-state index contributed by atoms with van der Waals surface area (Å²) in [5.41, 5.74) is 1.56. The molecule has 2 aromatic rings. The van der Waals surface area contributed by atoms with Crippen LogP contribution in [0.1, 0.15) is 11.3 Å². The van der Waals surface area contributed by atoms with Gasteiger partial charge in [-0.3, -0.25) is 4.79 Å². The van der Waals surface area contributed by atoms with Crippen molar-refractivity contribution < 1.29 is 14.3 Å². The summed E-state index contributed by atoms with van der Waals surface area (Å²) in [7, 11) is 0. The standard InChI is InChI=1S/C11H9IO3/c1-6-8(5-10(13)14)7-3-2-4-9(12)11(7)15-6/h2-4H,5H2,1H3,(H,13,14). The van der Waals surface area contributed by atoms with Gasteiger partial charge in [-0.15, -0.1) is 0 Å². The molecule has 3 nitrogen and oxygen atoms in total. The molecule has 1 heterocycles. The van der Waals surface area contributed by atoms with Crippen molar-refractivity contribution >= 4 is 39.5 Å². The van der Waals surface area contributed by atoms with E-state index < -0.39 is 5.97 Å². The first kappa shape index (κ1) is 10.5. The van der Waals surface area contributed by atoms with Gasteiger partial charge >= 0.3 is 5.97 Å². The molecule has 0 saturated carbocycles. The second-order valence-corrected chi connectivity index (χ2v) is 4.49. The van der Waals surface area contributed by atoms with Crippen LogP contribution in [0.25, 0.3) is 11.0 Å². The number of hydrogen-bond acceptors (Lipinski definition) is 2. The Balaban J connectivity index is 2.68. The highest BCUT2D eigenvalue weighted by molar-refractivity contribution is 14.1. The number of aliphatic carboxylic acids is 1. The van der Waals surface area contributed by atoms with Crippen LogP contribution in [0.5, 0.6) is 0 Å². The molecule has 0 aliphatic rings. The molecule has 4 heteroatoms. The molecule has 0 unspecified atom stereocenters. The molecule has 78 valence electrons. The maximum absolute atomic E-state index is 10.7. The first-order valence-electron chi connectivity index (χ1n) is 4.48. The minimum atomic E-state index is -0.834. The molecule has 0 atom stereocenters. The van der Waals surface area contributed by atoms with Gasteiger partial charge in [-0.1, -0.05) is 12.1 Å². The number of carboxylic acids is 1. The van der Waals surface area contributed by atoms with Crippen molar-refractivity contribution in [1.82, 2.24) is 0 Å². The Labute approximate surface area is 100 Å². The quantitative estimate of drug-likeness (QED) is 0.867. The predicted octanol–water partition coefficient (Wildman–Crippen LogP) is 2.97. The van der Waals surface area contributed by atoms with Crippen LogP contribution < -0.4 is 0 Å². The molecule has 0 radical (unpaired) electrons. The lowest BCUT2D eigenvalue weighted by molar-refractivity contribution is -0.136. The average molecular weight is 316 g/mol. The molecule has 1 aromatic carbocycles. The molecule has 0 bridgehead atoms. The van der Waals surface area contributed by atoms with Gasteiger partial charge in [0.05, 0.1) is 9.99 Å². The van der Waals surface area contributed by atoms with Crippen molar-refractivity contribution in [2.24, 2.45) is 0 Å². The monoisotopic (exact) mass is 316 g/mol. The lowest BCUT2D eigenvalue weighted by Gasteiger charge is -1.94. The third-order valence-electron chi connectivity index (χ3n) is 2.30. The van der Waals surface area contributed by atoms with E-state index in [1.807, 2.05) is 18.2 Å². The van der Waals surface area contributed by atoms with Crippen LogP contribution in [0, 0.1) is 10.5 Å². The second-order valence-electron chi connectivity index (χ2n) is 3.32. The van der Waals surface area contributed by atoms with E-state index in [1.165, 1.54) is 0 Å². The highest BCUT2D eigenvalue weighted by Crippen LogP contribution is 2.29. The molecule has 1 N–H and O–H groups in total. The summed E-state index contributed by atoms with van der Waals surface area (Å²) in [6.07, 6.45) is 0.0128. The minimum absolute atomic E-state index is 0.0128. The van der Waals surface area contributed by atoms with Crippen molar-refractivity contribution in [3.05, 3.63) is 33.1 Å². The highest BCUT2D eigenvalue weighted by Gasteiger charge is 2.14. The summed E-state index contributed by atoms with van der Waals surface area (Å²) in [6, 6.07) is 5.74. The van der Waals surface area contributed by atoms with E-state index >= 15 is 0 Å². The third kappa shape index (κ3) is 1.86. The number of carbonyl (C=O) groups is 1. The molecule has 15 heavy (non-hydrogen) atoms. The van der Waals surface area contributed by atoms with E-state index in [0.717, 1.165) is 20.1 Å². The van der Waals surface area contributed by atoms with Crippen molar-refractivity contribution in [3.8, 4) is 0 Å². The fraction of sp³-hybridized carbons (Fsp3) is 0.182. The van der Waals surface area contributed by atoms with E-state index in [-0.39, 0.29) is 6.42 Å². The molecular weight excluding hydrogens is 307 g/mol. The minimum Gasteiger partial charge on any atom is -0.481 e. The molecule has 2 rings (SSSR count). The van der Waals surface area contributed by atoms with E-state index in [2.05, 4.69) is 22.6 Å². The number of para-hydroxylation sites is 1. The van der Waals surface area contributed by atoms with Gasteiger partial charge < -0.3 is 9.52 Å². The van der Waals surface area contributed by atoms with E-state index in [0.29, 0.717) is 5.76 Å². The topological polar surface area (TPSA) is 50.4 Å². The summed E-state index contributed by atoms with van der Waals surface area (Å²) in [6.45, 7) is 1.80. The van der Waals surface area contributed by atoms with Gasteiger partial charge in [-0.05, 0) is 35.6 Å². The van der Waals surface area contributed by atoms with Gasteiger partial charge in [0, 0.05) is 10.9 Å². The molecule has 0 saturated heterocycles. The molecule has 1 aromatic heterocycles. The molecule has 0 amide bonds. The average Bonchev–Trinajstić information content (AvgIpc) is 2.45. The number of aryl methyl sites for hydroxylation is 1. The maximum Gasteiger partial charge on any atom is 0.307 e. The van der Waals surface area contributed by atoms with Crippen LogP contribution in [0.4, 0.5) is 0 Å². The van der Waals surface area contributed by atoms with Crippen LogP contribution in [0.2, 0.25) is 0 Å². The summed E-state index contributed by atoms with van der Waals surface area (Å²) >= 11 is 2.18. The maximum atomic E-state index is 10.7. The number of benzene rings is 1. The fourth-order valence-electron chi connectivity index (χ4n) is 1.63. The highest BCUT2D eigenvalue weighted by atomic mass is 127. The lowest BCUT2D eigenvalue weighted by atomic mass is 10.1. The number of halogens is 1. The first-order chi connectivity index (χ1) is 7.09. The number of carboxylic acid groups (broad SMARTS) is 1. The van der Waals surface area contributed by atoms with Gasteiger partial charge in [0.2, 0.25) is 0 Å². The smallest absolute Gasteiger partial charge is 0.307 e. The van der Waals surface area contributed by atoms with Gasteiger partial charge in [0.25, 0.3) is 0 Å². The van der Waals surface area contributed by atoms with E-state index in [9.17, 15) is 4.79 Å². The Kier molecular flexibility index (Phi) is 2.68. The van der Waals surface area contributed by atoms with Crippen LogP contribution in [-0.2, 0) is 11.2 Å². The Bertz CT molecular complexity index is 528. The zero-order valence-electron chi connectivity index (χ0n) is 8.08. The molecular formula is C11H9IO3. The Hall–Kier alpha value is -1.04. The van der Waals surface area contributed by atoms with Gasteiger partial charge in [-0.2, -0.15) is 0 Å². The van der Waals surface area contributed by atoms with Crippen LogP contribution in [-0.4, -0.2) is 11.1 Å². The zero-order valence-corrected chi connectivity index (χ0v) is 10.2. The van der Waals surface area contributed by atoms with Crippen molar-refractivity contribution in [2.75, 3.05) is 0 Å². The molecule has 0 aliphatic carbocycles. The lowest BCUT2D eigenvalue weighted by Crippen LogP contribution is -2.00. The second kappa shape index (κ2) is 3.84. The SMILES string of the molecule is Cc1oc2c(I)cccc2c1CC(=O)O. The first-order valence-corrected chi connectivity index (χ1v) is 5.55. The fourth-order valence-corrected chi connectivity index (χ4v) is 2.23. The van der Waals surface area contributed by atoms with E-state index in [1.54, 1.807) is 6.92 Å². The van der Waals surface area contributed by atoms with Gasteiger partial charge in [0.1, 0.15) is 11.3 Å². The van der Waals surface area contributed by atoms with Crippen LogP contribution in [0.15, 0.2) is 22.6 Å².